The molecule has 0 bridgehead atoms. The second-order valence-electron chi connectivity index (χ2n) is 9.43. The van der Waals surface area contributed by atoms with Crippen LogP contribution >= 0.6 is 0 Å². The van der Waals surface area contributed by atoms with E-state index in [9.17, 15) is 4.79 Å². The molecule has 2 unspecified atom stereocenters. The van der Waals surface area contributed by atoms with Crippen molar-refractivity contribution in [3.05, 3.63) is 41.6 Å². The Kier molecular flexibility index (Phi) is 7.36. The summed E-state index contributed by atoms with van der Waals surface area (Å²) in [6, 6.07) is 10.0. The highest BCUT2D eigenvalue weighted by Crippen LogP contribution is 2.37. The number of nitrogens with one attached hydrogen (secondary N) is 2. The van der Waals surface area contributed by atoms with Gasteiger partial charge in [-0.25, -0.2) is 4.98 Å². The number of ether oxygens (including phenoxy) is 3. The maximum atomic E-state index is 13.3. The fourth-order valence-electron chi connectivity index (χ4n) is 4.75. The van der Waals surface area contributed by atoms with E-state index in [1.165, 1.54) is 5.56 Å². The van der Waals surface area contributed by atoms with Crippen LogP contribution in [0.15, 0.2) is 30.3 Å². The van der Waals surface area contributed by atoms with E-state index in [4.69, 9.17) is 14.2 Å². The molecule has 5 rings (SSSR count). The lowest BCUT2D eigenvalue weighted by Crippen LogP contribution is -2.38. The van der Waals surface area contributed by atoms with Crippen molar-refractivity contribution in [2.75, 3.05) is 81.3 Å². The average Bonchev–Trinajstić information content (AvgIpc) is 3.18. The number of hydrogen-bond donors (Lipinski definition) is 2. The third kappa shape index (κ3) is 5.69. The van der Waals surface area contributed by atoms with Gasteiger partial charge in [0, 0.05) is 68.2 Å². The quantitative estimate of drug-likeness (QED) is 0.624. The molecule has 3 aliphatic heterocycles. The summed E-state index contributed by atoms with van der Waals surface area (Å²) >= 11 is 0. The number of anilines is 3. The van der Waals surface area contributed by atoms with Crippen LogP contribution in [0.5, 0.6) is 5.75 Å². The van der Waals surface area contributed by atoms with Crippen molar-refractivity contribution >= 4 is 23.1 Å². The van der Waals surface area contributed by atoms with Crippen molar-refractivity contribution < 1.29 is 19.0 Å². The molecule has 188 valence electrons. The molecule has 35 heavy (non-hydrogen) atoms. The molecule has 1 aromatic carbocycles. The van der Waals surface area contributed by atoms with Crippen LogP contribution in [0.1, 0.15) is 35.8 Å². The Labute approximate surface area is 206 Å². The van der Waals surface area contributed by atoms with Crippen LogP contribution in [0, 0.1) is 0 Å². The zero-order chi connectivity index (χ0) is 24.2. The van der Waals surface area contributed by atoms with Crippen molar-refractivity contribution in [1.82, 2.24) is 9.88 Å². The number of amides is 1. The molecule has 2 fully saturated rings. The van der Waals surface area contributed by atoms with E-state index in [0.29, 0.717) is 43.2 Å². The summed E-state index contributed by atoms with van der Waals surface area (Å²) in [4.78, 5) is 22.4. The summed E-state index contributed by atoms with van der Waals surface area (Å²) < 4.78 is 17.0. The highest BCUT2D eigenvalue weighted by molar-refractivity contribution is 6.03. The first-order valence-electron chi connectivity index (χ1n) is 12.6. The average molecular weight is 482 g/mol. The highest BCUT2D eigenvalue weighted by atomic mass is 16.5. The van der Waals surface area contributed by atoms with Crippen LogP contribution in [-0.2, 0) is 9.47 Å². The summed E-state index contributed by atoms with van der Waals surface area (Å²) in [5.41, 5.74) is 3.46. The predicted octanol–water partition coefficient (Wildman–Crippen LogP) is 2.80. The lowest BCUT2D eigenvalue weighted by Gasteiger charge is -2.28. The molecular weight excluding hydrogens is 446 g/mol. The molecule has 0 saturated carbocycles. The number of fused-ring (bicyclic) bond motifs is 1. The van der Waals surface area contributed by atoms with E-state index >= 15 is 0 Å². The first-order chi connectivity index (χ1) is 17.1. The molecule has 2 N–H and O–H groups in total. The third-order valence-electron chi connectivity index (χ3n) is 7.07. The van der Waals surface area contributed by atoms with Crippen molar-refractivity contribution in [3.8, 4) is 5.75 Å². The Morgan fingerprint density at radius 1 is 1.09 bits per heavy atom. The van der Waals surface area contributed by atoms with Gasteiger partial charge < -0.3 is 29.7 Å². The topological polar surface area (TPSA) is 88.2 Å². The van der Waals surface area contributed by atoms with Gasteiger partial charge in [0.1, 0.15) is 23.9 Å². The molecule has 0 radical (unpaired) electrons. The van der Waals surface area contributed by atoms with E-state index in [-0.39, 0.29) is 5.91 Å². The van der Waals surface area contributed by atoms with E-state index in [1.54, 1.807) is 6.07 Å². The van der Waals surface area contributed by atoms with Gasteiger partial charge in [-0.3, -0.25) is 9.69 Å². The fourth-order valence-corrected chi connectivity index (χ4v) is 4.75. The molecule has 0 spiro atoms. The van der Waals surface area contributed by atoms with Gasteiger partial charge in [-0.2, -0.15) is 0 Å². The summed E-state index contributed by atoms with van der Waals surface area (Å²) in [6.07, 6.45) is 0. The zero-order valence-electron chi connectivity index (χ0n) is 20.6. The van der Waals surface area contributed by atoms with Gasteiger partial charge >= 0.3 is 0 Å². The van der Waals surface area contributed by atoms with Crippen molar-refractivity contribution in [2.45, 2.75) is 25.8 Å². The number of aromatic nitrogens is 1. The number of hydrogen-bond acceptors (Lipinski definition) is 8. The molecule has 9 heteroatoms. The monoisotopic (exact) mass is 481 g/mol. The molecule has 2 aromatic rings. The minimum atomic E-state index is -0.246. The van der Waals surface area contributed by atoms with E-state index in [2.05, 4.69) is 45.3 Å². The SMILES string of the molecule is CC1Nc2ccc(NC(=O)c3cc(OCCN4CCOCC4)cc(N4CCOCC4)n3)cc2C1C. The van der Waals surface area contributed by atoms with E-state index < -0.39 is 0 Å². The van der Waals surface area contributed by atoms with Crippen LogP contribution in [0.4, 0.5) is 17.2 Å². The Balaban J connectivity index is 1.31. The first kappa shape index (κ1) is 23.8. The lowest BCUT2D eigenvalue weighted by atomic mass is 9.98. The summed E-state index contributed by atoms with van der Waals surface area (Å²) in [5, 5.41) is 6.52. The number of morpholine rings is 2. The number of benzene rings is 1. The molecule has 1 aromatic heterocycles. The zero-order valence-corrected chi connectivity index (χ0v) is 20.6. The van der Waals surface area contributed by atoms with Crippen LogP contribution < -0.4 is 20.3 Å². The van der Waals surface area contributed by atoms with Crippen LogP contribution in [-0.4, -0.2) is 87.6 Å². The Morgan fingerprint density at radius 2 is 1.83 bits per heavy atom. The summed E-state index contributed by atoms with van der Waals surface area (Å²) in [7, 11) is 0. The van der Waals surface area contributed by atoms with Crippen molar-refractivity contribution in [3.63, 3.8) is 0 Å². The first-order valence-corrected chi connectivity index (χ1v) is 12.6. The maximum absolute atomic E-state index is 13.3. The molecule has 4 heterocycles. The van der Waals surface area contributed by atoms with E-state index in [1.807, 2.05) is 18.2 Å². The predicted molar refractivity (Wildman–Crippen MR) is 136 cm³/mol. The van der Waals surface area contributed by atoms with Gasteiger partial charge in [0.2, 0.25) is 0 Å². The smallest absolute Gasteiger partial charge is 0.274 e. The summed E-state index contributed by atoms with van der Waals surface area (Å²) in [5.74, 6) is 1.53. The van der Waals surface area contributed by atoms with Crippen molar-refractivity contribution in [2.24, 2.45) is 0 Å². The van der Waals surface area contributed by atoms with Gasteiger partial charge in [-0.1, -0.05) is 6.92 Å². The van der Waals surface area contributed by atoms with Crippen LogP contribution in [0.3, 0.4) is 0 Å². The van der Waals surface area contributed by atoms with Gasteiger partial charge in [0.05, 0.1) is 26.4 Å². The van der Waals surface area contributed by atoms with E-state index in [0.717, 1.165) is 63.1 Å². The summed E-state index contributed by atoms with van der Waals surface area (Å²) in [6.45, 7) is 11.8. The third-order valence-corrected chi connectivity index (χ3v) is 7.07. The molecular formula is C26H35N5O4. The van der Waals surface area contributed by atoms with Crippen LogP contribution in [0.25, 0.3) is 0 Å². The lowest BCUT2D eigenvalue weighted by molar-refractivity contribution is 0.0322. The second-order valence-corrected chi connectivity index (χ2v) is 9.43. The van der Waals surface area contributed by atoms with Crippen LogP contribution in [0.2, 0.25) is 0 Å². The molecule has 1 amide bonds. The Bertz CT molecular complexity index is 1040. The number of carbonyl (C=O) groups is 1. The number of nitrogens with zero attached hydrogens (tertiary/aromatic N) is 3. The van der Waals surface area contributed by atoms with Gasteiger partial charge in [-0.15, -0.1) is 0 Å². The fraction of sp³-hybridized carbons (Fsp3) is 0.538. The molecule has 2 saturated heterocycles. The Morgan fingerprint density at radius 3 is 2.60 bits per heavy atom. The number of rotatable bonds is 7. The highest BCUT2D eigenvalue weighted by Gasteiger charge is 2.25. The minimum absolute atomic E-state index is 0.246. The largest absolute Gasteiger partial charge is 0.492 e. The minimum Gasteiger partial charge on any atom is -0.492 e. The maximum Gasteiger partial charge on any atom is 0.274 e. The normalized spacial score (nSPS) is 22.4. The molecule has 0 aliphatic carbocycles. The molecule has 9 nitrogen and oxygen atoms in total. The molecule has 3 aliphatic rings. The Hall–Kier alpha value is -2.88. The van der Waals surface area contributed by atoms with Crippen molar-refractivity contribution in [1.29, 1.82) is 0 Å². The molecule has 2 atom stereocenters. The number of carbonyl (C=O) groups excluding carboxylic acids is 1. The van der Waals surface area contributed by atoms with Gasteiger partial charge in [-0.05, 0) is 30.7 Å². The van der Waals surface area contributed by atoms with Gasteiger partial charge in [0.15, 0.2) is 0 Å². The van der Waals surface area contributed by atoms with Gasteiger partial charge in [0.25, 0.3) is 5.91 Å². The second kappa shape index (κ2) is 10.8. The standard InChI is InChI=1S/C26H35N5O4/c1-18-19(2)27-23-4-3-20(15-22(18)23)28-26(32)24-16-21(35-14-7-30-5-10-33-11-6-30)17-25(29-24)31-8-12-34-13-9-31/h3-4,15-19,27H,5-14H2,1-2H3,(H,28,32). The number of pyridine rings is 1.